The second-order valence-electron chi connectivity index (χ2n) is 3.59. The maximum atomic E-state index is 11.4. The zero-order valence-electron chi connectivity index (χ0n) is 9.48. The molecule has 0 aromatic carbocycles. The largest absolute Gasteiger partial charge is 0.480 e. The highest BCUT2D eigenvalue weighted by Crippen LogP contribution is 1.88. The molecule has 0 aliphatic heterocycles. The van der Waals surface area contributed by atoms with Gasteiger partial charge in [-0.15, -0.1) is 0 Å². The molecule has 0 saturated carbocycles. The minimum atomic E-state index is -1.14. The number of carbonyl (C=O) groups is 3. The lowest BCUT2D eigenvalue weighted by Gasteiger charge is -2.17. The third kappa shape index (κ3) is 4.74. The third-order valence-corrected chi connectivity index (χ3v) is 1.89. The zero-order chi connectivity index (χ0) is 12.9. The van der Waals surface area contributed by atoms with Gasteiger partial charge in [-0.3, -0.25) is 14.4 Å². The van der Waals surface area contributed by atoms with Crippen LogP contribution >= 0.6 is 0 Å². The van der Waals surface area contributed by atoms with E-state index in [1.54, 1.807) is 0 Å². The summed E-state index contributed by atoms with van der Waals surface area (Å²) in [4.78, 5) is 33.0. The van der Waals surface area contributed by atoms with Crippen LogP contribution in [0.25, 0.3) is 0 Å². The molecule has 0 aliphatic carbocycles. The first-order valence-electron chi connectivity index (χ1n) is 4.84. The second kappa shape index (κ2) is 6.06. The van der Waals surface area contributed by atoms with E-state index in [1.165, 1.54) is 20.8 Å². The smallest absolute Gasteiger partial charge is 0.325 e. The summed E-state index contributed by atoms with van der Waals surface area (Å²) in [5.41, 5.74) is 5.30. The Morgan fingerprint density at radius 3 is 1.81 bits per heavy atom. The number of hydrogen-bond donors (Lipinski definition) is 4. The van der Waals surface area contributed by atoms with E-state index in [2.05, 4.69) is 10.6 Å². The van der Waals surface area contributed by atoms with Gasteiger partial charge in [-0.2, -0.15) is 0 Å². The van der Waals surface area contributed by atoms with Crippen LogP contribution in [0.15, 0.2) is 0 Å². The van der Waals surface area contributed by atoms with Crippen molar-refractivity contribution < 1.29 is 19.5 Å². The van der Waals surface area contributed by atoms with Crippen molar-refractivity contribution in [2.24, 2.45) is 5.73 Å². The third-order valence-electron chi connectivity index (χ3n) is 1.89. The Morgan fingerprint density at radius 2 is 1.44 bits per heavy atom. The van der Waals surface area contributed by atoms with Crippen LogP contribution in [0.5, 0.6) is 0 Å². The Kier molecular flexibility index (Phi) is 5.44. The number of amides is 2. The van der Waals surface area contributed by atoms with Crippen molar-refractivity contribution >= 4 is 17.8 Å². The molecule has 0 unspecified atom stereocenters. The van der Waals surface area contributed by atoms with Crippen molar-refractivity contribution in [2.45, 2.75) is 38.9 Å². The molecule has 2 amide bonds. The number of carboxylic acid groups (broad SMARTS) is 1. The van der Waals surface area contributed by atoms with Crippen LogP contribution in [0.3, 0.4) is 0 Å². The molecule has 0 spiro atoms. The molecule has 5 N–H and O–H groups in total. The first kappa shape index (κ1) is 14.4. The van der Waals surface area contributed by atoms with Crippen molar-refractivity contribution in [1.82, 2.24) is 10.6 Å². The molecule has 16 heavy (non-hydrogen) atoms. The number of carbonyl (C=O) groups excluding carboxylic acids is 2. The van der Waals surface area contributed by atoms with Crippen LogP contribution in [-0.2, 0) is 14.4 Å². The number of nitrogens with one attached hydrogen (secondary N) is 2. The Balaban J connectivity index is 4.19. The molecule has 0 heterocycles. The Labute approximate surface area is 93.4 Å². The Bertz CT molecular complexity index is 290. The van der Waals surface area contributed by atoms with Crippen LogP contribution in [0, 0.1) is 0 Å². The number of rotatable bonds is 5. The van der Waals surface area contributed by atoms with E-state index < -0.39 is 35.9 Å². The predicted octanol–water partition coefficient (Wildman–Crippen LogP) is -1.57. The average Bonchev–Trinajstić information content (AvgIpc) is 2.16. The second-order valence-corrected chi connectivity index (χ2v) is 3.59. The van der Waals surface area contributed by atoms with Crippen LogP contribution in [0.1, 0.15) is 20.8 Å². The van der Waals surface area contributed by atoms with E-state index in [0.717, 1.165) is 0 Å². The first-order valence-corrected chi connectivity index (χ1v) is 4.84. The van der Waals surface area contributed by atoms with Crippen molar-refractivity contribution in [2.75, 3.05) is 0 Å². The molecular weight excluding hydrogens is 215 g/mol. The summed E-state index contributed by atoms with van der Waals surface area (Å²) in [6, 6.07) is -2.53. The van der Waals surface area contributed by atoms with E-state index >= 15 is 0 Å². The number of carboxylic acids is 1. The standard InChI is InChI=1S/C9H17N3O4/c1-4(10)7(13)11-5(2)8(14)12-6(3)9(15)16/h4-6H,10H2,1-3H3,(H,11,13)(H,12,14)(H,15,16)/t4-,5-,6-/m0/s1/i9+1. The minimum Gasteiger partial charge on any atom is -0.480 e. The van der Waals surface area contributed by atoms with Gasteiger partial charge in [-0.05, 0) is 20.8 Å². The molecule has 7 nitrogen and oxygen atoms in total. The van der Waals surface area contributed by atoms with Gasteiger partial charge in [-0.1, -0.05) is 0 Å². The summed E-state index contributed by atoms with van der Waals surface area (Å²) in [7, 11) is 0. The normalized spacial score (nSPS) is 15.8. The highest BCUT2D eigenvalue weighted by molar-refractivity contribution is 5.91. The fourth-order valence-electron chi connectivity index (χ4n) is 0.811. The summed E-state index contributed by atoms with van der Waals surface area (Å²) in [6.45, 7) is 4.27. The van der Waals surface area contributed by atoms with Crippen LogP contribution in [0.4, 0.5) is 0 Å². The number of hydrogen-bond acceptors (Lipinski definition) is 4. The quantitative estimate of drug-likeness (QED) is 0.426. The molecule has 7 heteroatoms. The topological polar surface area (TPSA) is 122 Å². The maximum Gasteiger partial charge on any atom is 0.325 e. The minimum absolute atomic E-state index is 0.467. The van der Waals surface area contributed by atoms with Gasteiger partial charge in [0, 0.05) is 0 Å². The highest BCUT2D eigenvalue weighted by Gasteiger charge is 2.21. The van der Waals surface area contributed by atoms with Gasteiger partial charge in [0.15, 0.2) is 0 Å². The van der Waals surface area contributed by atoms with Gasteiger partial charge in [0.2, 0.25) is 11.8 Å². The molecule has 0 aromatic rings. The molecule has 0 aromatic heterocycles. The van der Waals surface area contributed by atoms with E-state index in [0.29, 0.717) is 0 Å². The number of aliphatic carboxylic acids is 1. The van der Waals surface area contributed by atoms with Crippen LogP contribution in [0.2, 0.25) is 0 Å². The Morgan fingerprint density at radius 1 is 1.00 bits per heavy atom. The van der Waals surface area contributed by atoms with Crippen molar-refractivity contribution in [3.8, 4) is 0 Å². The summed E-state index contributed by atoms with van der Waals surface area (Å²) in [5.74, 6) is -2.17. The SMILES string of the molecule is C[C@H](N)C(=O)N[C@@H](C)C(=O)N[C@@H](C)[13C](=O)O. The molecular formula is C9H17N3O4. The van der Waals surface area contributed by atoms with E-state index in [1.807, 2.05) is 0 Å². The van der Waals surface area contributed by atoms with Crippen molar-refractivity contribution in [3.63, 3.8) is 0 Å². The summed E-state index contributed by atoms with van der Waals surface area (Å²) in [6.07, 6.45) is 0. The predicted molar refractivity (Wildman–Crippen MR) is 56.5 cm³/mol. The zero-order valence-corrected chi connectivity index (χ0v) is 9.48. The monoisotopic (exact) mass is 232 g/mol. The molecule has 0 aliphatic rings. The van der Waals surface area contributed by atoms with Gasteiger partial charge in [0.05, 0.1) is 6.04 Å². The van der Waals surface area contributed by atoms with E-state index in [-0.39, 0.29) is 0 Å². The summed E-state index contributed by atoms with van der Waals surface area (Å²) in [5, 5.41) is 13.1. The van der Waals surface area contributed by atoms with Gasteiger partial charge in [0.1, 0.15) is 12.1 Å². The molecule has 0 bridgehead atoms. The first-order chi connectivity index (χ1) is 7.25. The lowest BCUT2D eigenvalue weighted by Crippen LogP contribution is -2.52. The van der Waals surface area contributed by atoms with Gasteiger partial charge < -0.3 is 21.5 Å². The molecule has 0 saturated heterocycles. The van der Waals surface area contributed by atoms with Gasteiger partial charge >= 0.3 is 5.97 Å². The fraction of sp³-hybridized carbons (Fsp3) is 0.667. The highest BCUT2D eigenvalue weighted by atomic mass is 16.5. The molecule has 0 radical (unpaired) electrons. The van der Waals surface area contributed by atoms with Crippen LogP contribution in [-0.4, -0.2) is 41.0 Å². The molecule has 0 rings (SSSR count). The number of nitrogens with two attached hydrogens (primary N) is 1. The van der Waals surface area contributed by atoms with Crippen molar-refractivity contribution in [1.29, 1.82) is 0 Å². The average molecular weight is 232 g/mol. The van der Waals surface area contributed by atoms with Crippen LogP contribution < -0.4 is 16.4 Å². The van der Waals surface area contributed by atoms with E-state index in [4.69, 9.17) is 10.8 Å². The molecule has 0 fully saturated rings. The van der Waals surface area contributed by atoms with Gasteiger partial charge in [-0.25, -0.2) is 0 Å². The molecule has 92 valence electrons. The van der Waals surface area contributed by atoms with Gasteiger partial charge in [0.25, 0.3) is 0 Å². The maximum absolute atomic E-state index is 11.4. The summed E-state index contributed by atoms with van der Waals surface area (Å²) >= 11 is 0. The lowest BCUT2D eigenvalue weighted by atomic mass is 10.2. The fourth-order valence-corrected chi connectivity index (χ4v) is 0.811. The van der Waals surface area contributed by atoms with Crippen molar-refractivity contribution in [3.05, 3.63) is 0 Å². The molecule has 3 atom stereocenters. The lowest BCUT2D eigenvalue weighted by molar-refractivity contribution is -0.141. The summed E-state index contributed by atoms with van der Waals surface area (Å²) < 4.78 is 0. The Hall–Kier alpha value is -1.63. The van der Waals surface area contributed by atoms with E-state index in [9.17, 15) is 14.4 Å².